The van der Waals surface area contributed by atoms with Gasteiger partial charge in [-0.05, 0) is 53.6 Å². The summed E-state index contributed by atoms with van der Waals surface area (Å²) in [5.41, 5.74) is 2.36. The minimum Gasteiger partial charge on any atom is -0.478 e. The molecule has 2 aromatic carbocycles. The smallest absolute Gasteiger partial charge is 0.335 e. The van der Waals surface area contributed by atoms with E-state index in [1.165, 1.54) is 18.5 Å². The van der Waals surface area contributed by atoms with Gasteiger partial charge in [0.25, 0.3) is 0 Å². The fourth-order valence-electron chi connectivity index (χ4n) is 3.12. The molecule has 1 fully saturated rings. The van der Waals surface area contributed by atoms with E-state index in [4.69, 9.17) is 0 Å². The molecule has 1 aliphatic carbocycles. The summed E-state index contributed by atoms with van der Waals surface area (Å²) in [5, 5.41) is 9.51. The molecular weight excluding hydrogens is 350 g/mol. The minimum absolute atomic E-state index is 0.0445. The summed E-state index contributed by atoms with van der Waals surface area (Å²) < 4.78 is 27.7. The number of rotatable bonds is 5. The van der Waals surface area contributed by atoms with Crippen LogP contribution in [0.5, 0.6) is 0 Å². The van der Waals surface area contributed by atoms with Crippen molar-refractivity contribution in [2.45, 2.75) is 25.2 Å². The highest BCUT2D eigenvalue weighted by Gasteiger charge is 2.25. The molecule has 4 nitrogen and oxygen atoms in total. The van der Waals surface area contributed by atoms with Crippen LogP contribution < -0.4 is 0 Å². The zero-order valence-electron chi connectivity index (χ0n) is 14.3. The van der Waals surface area contributed by atoms with Gasteiger partial charge in [0.1, 0.15) is 11.6 Å². The van der Waals surface area contributed by atoms with E-state index in [-0.39, 0.29) is 17.0 Å². The molecule has 1 aromatic heterocycles. The van der Waals surface area contributed by atoms with Crippen LogP contribution in [0.1, 0.15) is 45.8 Å². The Morgan fingerprint density at radius 3 is 2.33 bits per heavy atom. The van der Waals surface area contributed by atoms with Gasteiger partial charge in [0.05, 0.1) is 11.1 Å². The summed E-state index contributed by atoms with van der Waals surface area (Å²) >= 11 is 0. The molecule has 0 spiro atoms. The molecule has 27 heavy (non-hydrogen) atoms. The van der Waals surface area contributed by atoms with Crippen LogP contribution in [-0.4, -0.2) is 21.0 Å². The van der Waals surface area contributed by atoms with Gasteiger partial charge in [0.15, 0.2) is 5.82 Å². The van der Waals surface area contributed by atoms with Gasteiger partial charge in [-0.3, -0.25) is 0 Å². The number of hydrogen-bond acceptors (Lipinski definition) is 3. The van der Waals surface area contributed by atoms with E-state index in [2.05, 4.69) is 9.97 Å². The Kier molecular flexibility index (Phi) is 4.39. The zero-order chi connectivity index (χ0) is 19.0. The number of nitrogens with zero attached hydrogens (tertiary/aromatic N) is 2. The van der Waals surface area contributed by atoms with Gasteiger partial charge < -0.3 is 5.11 Å². The van der Waals surface area contributed by atoms with E-state index in [1.807, 2.05) is 12.1 Å². The molecule has 1 aliphatic rings. The Bertz CT molecular complexity index is 995. The first-order chi connectivity index (χ1) is 13.0. The Morgan fingerprint density at radius 1 is 1.07 bits per heavy atom. The van der Waals surface area contributed by atoms with Crippen molar-refractivity contribution < 1.29 is 18.7 Å². The van der Waals surface area contributed by atoms with Crippen molar-refractivity contribution in [3.05, 3.63) is 82.7 Å². The Hall–Kier alpha value is -3.15. The predicted octanol–water partition coefficient (Wildman–Crippen LogP) is 4.59. The van der Waals surface area contributed by atoms with Crippen molar-refractivity contribution in [1.82, 2.24) is 9.97 Å². The molecule has 0 aliphatic heterocycles. The second-order valence-electron chi connectivity index (χ2n) is 6.68. The normalized spacial score (nSPS) is 13.6. The second-order valence-corrected chi connectivity index (χ2v) is 6.68. The second kappa shape index (κ2) is 6.87. The standard InChI is InChI=1S/C21H16F2N2O2/c22-17-2-1-3-18(23)19(17)20-24-10-12(11-25-20)8-15-7-6-14(13-4-5-13)9-16(15)21(26)27/h1-3,6-7,9-11,13H,4-5,8H2,(H,26,27). The highest BCUT2D eigenvalue weighted by molar-refractivity contribution is 5.89. The lowest BCUT2D eigenvalue weighted by Gasteiger charge is -2.09. The third-order valence-corrected chi connectivity index (χ3v) is 4.70. The van der Waals surface area contributed by atoms with Gasteiger partial charge in [-0.1, -0.05) is 18.2 Å². The summed E-state index contributed by atoms with van der Waals surface area (Å²) in [4.78, 5) is 19.7. The summed E-state index contributed by atoms with van der Waals surface area (Å²) in [6, 6.07) is 9.10. The van der Waals surface area contributed by atoms with E-state index in [1.54, 1.807) is 6.07 Å². The van der Waals surface area contributed by atoms with E-state index in [0.29, 0.717) is 23.5 Å². The Balaban J connectivity index is 1.61. The molecule has 0 saturated heterocycles. The Morgan fingerprint density at radius 2 is 1.74 bits per heavy atom. The molecule has 0 bridgehead atoms. The third kappa shape index (κ3) is 3.56. The van der Waals surface area contributed by atoms with Crippen LogP contribution in [-0.2, 0) is 6.42 Å². The average molecular weight is 366 g/mol. The first kappa shape index (κ1) is 17.3. The number of halogens is 2. The van der Waals surface area contributed by atoms with Gasteiger partial charge >= 0.3 is 5.97 Å². The number of benzene rings is 2. The number of carbonyl (C=O) groups is 1. The van der Waals surface area contributed by atoms with Crippen LogP contribution in [0, 0.1) is 11.6 Å². The van der Waals surface area contributed by atoms with Crippen LogP contribution >= 0.6 is 0 Å². The molecule has 6 heteroatoms. The largest absolute Gasteiger partial charge is 0.478 e. The number of carboxylic acid groups (broad SMARTS) is 1. The molecule has 136 valence electrons. The number of aromatic carboxylic acids is 1. The highest BCUT2D eigenvalue weighted by atomic mass is 19.1. The molecule has 3 aromatic rings. The zero-order valence-corrected chi connectivity index (χ0v) is 14.3. The van der Waals surface area contributed by atoms with E-state index < -0.39 is 17.6 Å². The van der Waals surface area contributed by atoms with Crippen LogP contribution in [0.2, 0.25) is 0 Å². The molecule has 1 N–H and O–H groups in total. The summed E-state index contributed by atoms with van der Waals surface area (Å²) in [6.07, 6.45) is 5.45. The monoisotopic (exact) mass is 366 g/mol. The van der Waals surface area contributed by atoms with E-state index >= 15 is 0 Å². The van der Waals surface area contributed by atoms with Crippen LogP contribution in [0.25, 0.3) is 11.4 Å². The molecule has 0 unspecified atom stereocenters. The lowest BCUT2D eigenvalue weighted by atomic mass is 9.97. The lowest BCUT2D eigenvalue weighted by Crippen LogP contribution is -2.05. The average Bonchev–Trinajstić information content (AvgIpc) is 3.48. The molecule has 0 radical (unpaired) electrons. The maximum atomic E-state index is 13.8. The fraction of sp³-hybridized carbons (Fsp3) is 0.190. The summed E-state index contributed by atoms with van der Waals surface area (Å²) in [6.45, 7) is 0. The molecule has 1 saturated carbocycles. The van der Waals surface area contributed by atoms with Gasteiger partial charge in [-0.2, -0.15) is 0 Å². The molecule has 0 amide bonds. The maximum Gasteiger partial charge on any atom is 0.335 e. The van der Waals surface area contributed by atoms with Gasteiger partial charge in [0.2, 0.25) is 0 Å². The number of hydrogen-bond donors (Lipinski definition) is 1. The SMILES string of the molecule is O=C(O)c1cc(C2CC2)ccc1Cc1cnc(-c2c(F)cccc2F)nc1. The first-order valence-corrected chi connectivity index (χ1v) is 8.64. The number of carboxylic acids is 1. The minimum atomic E-state index is -0.974. The van der Waals surface area contributed by atoms with E-state index in [0.717, 1.165) is 30.5 Å². The quantitative estimate of drug-likeness (QED) is 0.717. The first-order valence-electron chi connectivity index (χ1n) is 8.64. The van der Waals surface area contributed by atoms with Crippen molar-refractivity contribution in [3.8, 4) is 11.4 Å². The van der Waals surface area contributed by atoms with Gasteiger partial charge in [-0.25, -0.2) is 23.5 Å². The third-order valence-electron chi connectivity index (χ3n) is 4.70. The van der Waals surface area contributed by atoms with Gasteiger partial charge in [-0.15, -0.1) is 0 Å². The predicted molar refractivity (Wildman–Crippen MR) is 95.6 cm³/mol. The lowest BCUT2D eigenvalue weighted by molar-refractivity contribution is 0.0695. The van der Waals surface area contributed by atoms with Crippen molar-refractivity contribution in [1.29, 1.82) is 0 Å². The highest BCUT2D eigenvalue weighted by Crippen LogP contribution is 2.40. The fourth-order valence-corrected chi connectivity index (χ4v) is 3.12. The topological polar surface area (TPSA) is 63.1 Å². The van der Waals surface area contributed by atoms with E-state index in [9.17, 15) is 18.7 Å². The van der Waals surface area contributed by atoms with Gasteiger partial charge in [0, 0.05) is 18.8 Å². The van der Waals surface area contributed by atoms with Crippen molar-refractivity contribution in [2.75, 3.05) is 0 Å². The van der Waals surface area contributed by atoms with Crippen LogP contribution in [0.4, 0.5) is 8.78 Å². The van der Waals surface area contributed by atoms with Crippen LogP contribution in [0.3, 0.4) is 0 Å². The molecule has 1 heterocycles. The molecular formula is C21H16F2N2O2. The molecule has 4 rings (SSSR count). The van der Waals surface area contributed by atoms with Crippen molar-refractivity contribution >= 4 is 5.97 Å². The van der Waals surface area contributed by atoms with Crippen LogP contribution in [0.15, 0.2) is 48.8 Å². The van der Waals surface area contributed by atoms with Crippen molar-refractivity contribution in [2.24, 2.45) is 0 Å². The van der Waals surface area contributed by atoms with Crippen molar-refractivity contribution in [3.63, 3.8) is 0 Å². The number of aromatic nitrogens is 2. The molecule has 0 atom stereocenters. The maximum absolute atomic E-state index is 13.8. The summed E-state index contributed by atoms with van der Waals surface area (Å²) in [5.74, 6) is -2.01. The Labute approximate surface area is 154 Å². The summed E-state index contributed by atoms with van der Waals surface area (Å²) in [7, 11) is 0.